The van der Waals surface area contributed by atoms with Crippen molar-refractivity contribution in [3.05, 3.63) is 133 Å². The third-order valence-corrected chi connectivity index (χ3v) is 6.91. The lowest BCUT2D eigenvalue weighted by molar-refractivity contribution is 0.953. The number of aromatic nitrogens is 4. The monoisotopic (exact) mass is 488 g/mol. The molecular weight excluding hydrogens is 464 g/mol. The molecule has 0 fully saturated rings. The molecule has 0 amide bonds. The van der Waals surface area contributed by atoms with Crippen LogP contribution in [0.3, 0.4) is 0 Å². The summed E-state index contributed by atoms with van der Waals surface area (Å²) in [4.78, 5) is 14.9. The number of rotatable bonds is 4. The van der Waals surface area contributed by atoms with Crippen molar-refractivity contribution < 1.29 is 0 Å². The first kappa shape index (κ1) is 22.1. The quantitative estimate of drug-likeness (QED) is 0.250. The summed E-state index contributed by atoms with van der Waals surface area (Å²) < 4.78 is 2.16. The minimum atomic E-state index is 0.604. The molecular formula is C34H24N4. The summed E-state index contributed by atoms with van der Waals surface area (Å²) in [7, 11) is 0. The van der Waals surface area contributed by atoms with E-state index in [1.807, 2.05) is 60.7 Å². The Morgan fingerprint density at radius 1 is 0.447 bits per heavy atom. The molecule has 0 radical (unpaired) electrons. The summed E-state index contributed by atoms with van der Waals surface area (Å²) in [5, 5.41) is 2.34. The highest BCUT2D eigenvalue weighted by Gasteiger charge is 2.18. The zero-order valence-electron chi connectivity index (χ0n) is 20.9. The molecule has 4 heteroatoms. The number of benzene rings is 5. The van der Waals surface area contributed by atoms with Crippen LogP contribution in [0.4, 0.5) is 0 Å². The highest BCUT2D eigenvalue weighted by Crippen LogP contribution is 2.35. The molecule has 2 aromatic heterocycles. The van der Waals surface area contributed by atoms with Gasteiger partial charge in [0.1, 0.15) is 0 Å². The second kappa shape index (κ2) is 9.09. The third kappa shape index (κ3) is 3.84. The summed E-state index contributed by atoms with van der Waals surface area (Å²) in [6.45, 7) is 2.13. The SMILES string of the molecule is Cc1cccc(-c2ccc3c(c2)c2ccccc2n3-c2nc(-c3ccccc3)nc(-c3ccccc3)n2)c1. The van der Waals surface area contributed by atoms with E-state index in [0.29, 0.717) is 17.6 Å². The molecule has 0 aliphatic heterocycles. The van der Waals surface area contributed by atoms with Gasteiger partial charge in [-0.05, 0) is 36.2 Å². The molecule has 0 unspecified atom stereocenters. The van der Waals surface area contributed by atoms with Gasteiger partial charge in [0.05, 0.1) is 11.0 Å². The molecule has 0 aliphatic rings. The zero-order valence-corrected chi connectivity index (χ0v) is 20.9. The van der Waals surface area contributed by atoms with Crippen molar-refractivity contribution in [3.8, 4) is 39.9 Å². The predicted molar refractivity (Wildman–Crippen MR) is 155 cm³/mol. The molecule has 0 bridgehead atoms. The fourth-order valence-corrected chi connectivity index (χ4v) is 5.09. The van der Waals surface area contributed by atoms with Gasteiger partial charge in [-0.2, -0.15) is 9.97 Å². The fourth-order valence-electron chi connectivity index (χ4n) is 5.09. The normalized spacial score (nSPS) is 11.3. The number of hydrogen-bond acceptors (Lipinski definition) is 3. The number of aryl methyl sites for hydroxylation is 1. The van der Waals surface area contributed by atoms with E-state index in [2.05, 4.69) is 78.2 Å². The van der Waals surface area contributed by atoms with Crippen LogP contribution in [0.2, 0.25) is 0 Å². The van der Waals surface area contributed by atoms with Crippen LogP contribution in [0, 0.1) is 6.92 Å². The van der Waals surface area contributed by atoms with E-state index in [1.54, 1.807) is 0 Å². The number of para-hydroxylation sites is 1. The van der Waals surface area contributed by atoms with Gasteiger partial charge in [-0.15, -0.1) is 0 Å². The maximum Gasteiger partial charge on any atom is 0.238 e. The summed E-state index contributed by atoms with van der Waals surface area (Å²) in [5.41, 5.74) is 7.68. The molecule has 180 valence electrons. The Morgan fingerprint density at radius 3 is 1.71 bits per heavy atom. The highest BCUT2D eigenvalue weighted by molar-refractivity contribution is 6.10. The summed E-state index contributed by atoms with van der Waals surface area (Å²) >= 11 is 0. The molecule has 7 rings (SSSR count). The van der Waals surface area contributed by atoms with E-state index in [4.69, 9.17) is 15.0 Å². The Hall–Kier alpha value is -5.09. The van der Waals surface area contributed by atoms with Gasteiger partial charge in [-0.3, -0.25) is 4.57 Å². The standard InChI is InChI=1S/C34H24N4/c1-23-11-10-16-26(21-23)27-19-20-31-29(22-27)28-17-8-9-18-30(28)38(31)34-36-32(24-12-4-2-5-13-24)35-33(37-34)25-14-6-3-7-15-25/h2-22H,1H3. The van der Waals surface area contributed by atoms with Crippen molar-refractivity contribution in [2.45, 2.75) is 6.92 Å². The lowest BCUT2D eigenvalue weighted by Crippen LogP contribution is -2.06. The van der Waals surface area contributed by atoms with E-state index in [0.717, 1.165) is 22.2 Å². The molecule has 0 saturated carbocycles. The van der Waals surface area contributed by atoms with Crippen LogP contribution in [0.1, 0.15) is 5.56 Å². The van der Waals surface area contributed by atoms with Crippen molar-refractivity contribution in [1.29, 1.82) is 0 Å². The van der Waals surface area contributed by atoms with Crippen molar-refractivity contribution in [2.24, 2.45) is 0 Å². The number of nitrogens with zero attached hydrogens (tertiary/aromatic N) is 4. The molecule has 0 N–H and O–H groups in total. The van der Waals surface area contributed by atoms with Gasteiger partial charge in [0, 0.05) is 21.9 Å². The minimum Gasteiger partial charge on any atom is -0.278 e. The molecule has 0 atom stereocenters. The average molecular weight is 489 g/mol. The van der Waals surface area contributed by atoms with Crippen LogP contribution in [0.5, 0.6) is 0 Å². The minimum absolute atomic E-state index is 0.604. The Morgan fingerprint density at radius 2 is 1.03 bits per heavy atom. The van der Waals surface area contributed by atoms with E-state index in [9.17, 15) is 0 Å². The largest absolute Gasteiger partial charge is 0.278 e. The van der Waals surface area contributed by atoms with Gasteiger partial charge < -0.3 is 0 Å². The highest BCUT2D eigenvalue weighted by atomic mass is 15.2. The van der Waals surface area contributed by atoms with E-state index in [-0.39, 0.29) is 0 Å². The summed E-state index contributed by atoms with van der Waals surface area (Å²) in [6, 6.07) is 43.9. The van der Waals surface area contributed by atoms with Crippen LogP contribution in [-0.4, -0.2) is 19.5 Å². The first-order chi connectivity index (χ1) is 18.7. The average Bonchev–Trinajstić information content (AvgIpc) is 3.32. The van der Waals surface area contributed by atoms with Crippen molar-refractivity contribution in [3.63, 3.8) is 0 Å². The van der Waals surface area contributed by atoms with Gasteiger partial charge in [-0.1, -0.05) is 115 Å². The van der Waals surface area contributed by atoms with Crippen molar-refractivity contribution >= 4 is 21.8 Å². The molecule has 38 heavy (non-hydrogen) atoms. The molecule has 5 aromatic carbocycles. The number of fused-ring (bicyclic) bond motifs is 3. The van der Waals surface area contributed by atoms with Crippen molar-refractivity contribution in [1.82, 2.24) is 19.5 Å². The first-order valence-electron chi connectivity index (χ1n) is 12.7. The summed E-state index contributed by atoms with van der Waals surface area (Å²) in [6.07, 6.45) is 0. The lowest BCUT2D eigenvalue weighted by Gasteiger charge is -2.11. The zero-order chi connectivity index (χ0) is 25.5. The van der Waals surface area contributed by atoms with E-state index < -0.39 is 0 Å². The van der Waals surface area contributed by atoms with Gasteiger partial charge in [0.25, 0.3) is 0 Å². The van der Waals surface area contributed by atoms with Crippen LogP contribution >= 0.6 is 0 Å². The maximum atomic E-state index is 5.00. The smallest absolute Gasteiger partial charge is 0.238 e. The molecule has 0 aliphatic carbocycles. The van der Waals surface area contributed by atoms with Crippen molar-refractivity contribution in [2.75, 3.05) is 0 Å². The first-order valence-corrected chi connectivity index (χ1v) is 12.7. The van der Waals surface area contributed by atoms with Gasteiger partial charge in [-0.25, -0.2) is 4.98 Å². The number of hydrogen-bond donors (Lipinski definition) is 0. The van der Waals surface area contributed by atoms with E-state index >= 15 is 0 Å². The topological polar surface area (TPSA) is 43.6 Å². The van der Waals surface area contributed by atoms with E-state index in [1.165, 1.54) is 27.5 Å². The van der Waals surface area contributed by atoms with Crippen LogP contribution in [0.15, 0.2) is 127 Å². The summed E-state index contributed by atoms with van der Waals surface area (Å²) in [5.74, 6) is 1.90. The molecule has 4 nitrogen and oxygen atoms in total. The Kier molecular flexibility index (Phi) is 5.30. The van der Waals surface area contributed by atoms with Gasteiger partial charge >= 0.3 is 0 Å². The predicted octanol–water partition coefficient (Wildman–Crippen LogP) is 8.28. The molecule has 0 saturated heterocycles. The van der Waals surface area contributed by atoms with Crippen LogP contribution < -0.4 is 0 Å². The third-order valence-electron chi connectivity index (χ3n) is 6.91. The molecule has 2 heterocycles. The fraction of sp³-hybridized carbons (Fsp3) is 0.0294. The van der Waals surface area contributed by atoms with Crippen LogP contribution in [0.25, 0.3) is 61.7 Å². The second-order valence-corrected chi connectivity index (χ2v) is 9.47. The van der Waals surface area contributed by atoms with Gasteiger partial charge in [0.15, 0.2) is 11.6 Å². The van der Waals surface area contributed by atoms with Crippen LogP contribution in [-0.2, 0) is 0 Å². The Labute approximate surface area is 220 Å². The maximum absolute atomic E-state index is 5.00. The molecule has 7 aromatic rings. The molecule has 0 spiro atoms. The second-order valence-electron chi connectivity index (χ2n) is 9.47. The Bertz CT molecular complexity index is 1860. The Balaban J connectivity index is 1.51. The lowest BCUT2D eigenvalue weighted by atomic mass is 10.0. The van der Waals surface area contributed by atoms with Gasteiger partial charge in [0.2, 0.25) is 5.95 Å².